The summed E-state index contributed by atoms with van der Waals surface area (Å²) in [5.41, 5.74) is 1.60. The number of amides is 1. The van der Waals surface area contributed by atoms with Gasteiger partial charge in [0.15, 0.2) is 0 Å². The number of aromatic nitrogens is 2. The minimum Gasteiger partial charge on any atom is -0.497 e. The molecule has 0 unspecified atom stereocenters. The van der Waals surface area contributed by atoms with E-state index in [1.807, 2.05) is 41.6 Å². The molecule has 1 aromatic carbocycles. The fraction of sp³-hybridized carbons (Fsp3) is 0.409. The van der Waals surface area contributed by atoms with Crippen molar-refractivity contribution in [2.24, 2.45) is 0 Å². The lowest BCUT2D eigenvalue weighted by atomic mass is 9.94. The van der Waals surface area contributed by atoms with Gasteiger partial charge in [-0.25, -0.2) is 4.98 Å². The highest BCUT2D eigenvalue weighted by Crippen LogP contribution is 2.31. The van der Waals surface area contributed by atoms with Crippen LogP contribution in [0.1, 0.15) is 32.1 Å². The first-order chi connectivity index (χ1) is 14.1. The molecule has 0 atom stereocenters. The largest absolute Gasteiger partial charge is 0.497 e. The minimum absolute atomic E-state index is 0.0205. The number of thiophene rings is 1. The first kappa shape index (κ1) is 19.6. The Labute approximate surface area is 173 Å². The van der Waals surface area contributed by atoms with Crippen molar-refractivity contribution < 1.29 is 9.53 Å². The van der Waals surface area contributed by atoms with Crippen LogP contribution < -0.4 is 10.3 Å². The van der Waals surface area contributed by atoms with Crippen molar-refractivity contribution >= 4 is 27.5 Å². The number of carbonyl (C=O) groups excluding carboxylic acids is 1. The Hall–Kier alpha value is -2.67. The molecule has 7 heteroatoms. The number of nitrogens with zero attached hydrogens (tertiary/aromatic N) is 3. The Balaban J connectivity index is 1.63. The van der Waals surface area contributed by atoms with E-state index in [1.165, 1.54) is 28.7 Å². The van der Waals surface area contributed by atoms with Gasteiger partial charge < -0.3 is 9.64 Å². The van der Waals surface area contributed by atoms with Crippen molar-refractivity contribution in [3.63, 3.8) is 0 Å². The Morgan fingerprint density at radius 1 is 1.24 bits per heavy atom. The van der Waals surface area contributed by atoms with Crippen LogP contribution in [0.15, 0.2) is 40.8 Å². The van der Waals surface area contributed by atoms with Crippen LogP contribution in [-0.2, 0) is 11.3 Å². The maximum absolute atomic E-state index is 13.2. The van der Waals surface area contributed by atoms with Crippen LogP contribution in [0.2, 0.25) is 0 Å². The molecule has 0 saturated heterocycles. The molecule has 1 saturated carbocycles. The lowest BCUT2D eigenvalue weighted by Gasteiger charge is -2.31. The third kappa shape index (κ3) is 3.92. The monoisotopic (exact) mass is 411 g/mol. The van der Waals surface area contributed by atoms with Gasteiger partial charge in [0.2, 0.25) is 5.91 Å². The molecular formula is C22H25N3O3S. The molecule has 152 valence electrons. The second kappa shape index (κ2) is 8.37. The summed E-state index contributed by atoms with van der Waals surface area (Å²) in [6.07, 6.45) is 7.14. The van der Waals surface area contributed by atoms with E-state index in [4.69, 9.17) is 4.74 Å². The first-order valence-corrected chi connectivity index (χ1v) is 10.8. The molecule has 6 nitrogen and oxygen atoms in total. The van der Waals surface area contributed by atoms with Crippen LogP contribution in [0.3, 0.4) is 0 Å². The zero-order chi connectivity index (χ0) is 20.4. The van der Waals surface area contributed by atoms with Crippen molar-refractivity contribution in [3.05, 3.63) is 46.3 Å². The summed E-state index contributed by atoms with van der Waals surface area (Å²) >= 11 is 1.44. The summed E-state index contributed by atoms with van der Waals surface area (Å²) in [7, 11) is 3.47. The van der Waals surface area contributed by atoms with Crippen molar-refractivity contribution in [2.75, 3.05) is 14.2 Å². The number of ether oxygens (including phenoxy) is 1. The van der Waals surface area contributed by atoms with Crippen molar-refractivity contribution in [1.82, 2.24) is 14.5 Å². The molecule has 29 heavy (non-hydrogen) atoms. The Morgan fingerprint density at radius 2 is 1.97 bits per heavy atom. The summed E-state index contributed by atoms with van der Waals surface area (Å²) < 4.78 is 6.65. The number of methoxy groups -OCH3 is 1. The maximum Gasteiger partial charge on any atom is 0.263 e. The molecule has 0 radical (unpaired) electrons. The van der Waals surface area contributed by atoms with E-state index in [2.05, 4.69) is 4.98 Å². The highest BCUT2D eigenvalue weighted by molar-refractivity contribution is 7.17. The zero-order valence-electron chi connectivity index (χ0n) is 16.8. The normalized spacial score (nSPS) is 14.8. The van der Waals surface area contributed by atoms with Crippen molar-refractivity contribution in [2.45, 2.75) is 44.7 Å². The van der Waals surface area contributed by atoms with Gasteiger partial charge in [-0.15, -0.1) is 11.3 Å². The summed E-state index contributed by atoms with van der Waals surface area (Å²) in [5.74, 6) is 0.724. The predicted octanol–water partition coefficient (Wildman–Crippen LogP) is 3.92. The first-order valence-electron chi connectivity index (χ1n) is 9.95. The van der Waals surface area contributed by atoms with Crippen LogP contribution in [0.5, 0.6) is 5.75 Å². The van der Waals surface area contributed by atoms with E-state index in [0.29, 0.717) is 10.2 Å². The third-order valence-corrected chi connectivity index (χ3v) is 6.67. The van der Waals surface area contributed by atoms with Gasteiger partial charge in [0, 0.05) is 24.0 Å². The van der Waals surface area contributed by atoms with Gasteiger partial charge in [-0.3, -0.25) is 14.2 Å². The number of benzene rings is 1. The van der Waals surface area contributed by atoms with Gasteiger partial charge in [0.25, 0.3) is 5.56 Å². The summed E-state index contributed by atoms with van der Waals surface area (Å²) in [5, 5.41) is 2.51. The molecule has 1 aliphatic rings. The Morgan fingerprint density at radius 3 is 2.66 bits per heavy atom. The molecule has 2 heterocycles. The van der Waals surface area contributed by atoms with E-state index in [9.17, 15) is 9.59 Å². The topological polar surface area (TPSA) is 64.4 Å². The van der Waals surface area contributed by atoms with E-state index in [0.717, 1.165) is 42.6 Å². The van der Waals surface area contributed by atoms with Crippen LogP contribution >= 0.6 is 11.3 Å². The number of fused-ring (bicyclic) bond motifs is 1. The molecular weight excluding hydrogens is 386 g/mol. The van der Waals surface area contributed by atoms with Gasteiger partial charge >= 0.3 is 0 Å². The quantitative estimate of drug-likeness (QED) is 0.638. The summed E-state index contributed by atoms with van der Waals surface area (Å²) in [6, 6.07) is 7.88. The second-order valence-electron chi connectivity index (χ2n) is 7.53. The van der Waals surface area contributed by atoms with E-state index in [1.54, 1.807) is 7.11 Å². The third-order valence-electron chi connectivity index (χ3n) is 5.78. The highest BCUT2D eigenvalue weighted by atomic mass is 32.1. The highest BCUT2D eigenvalue weighted by Gasteiger charge is 2.23. The Bertz CT molecular complexity index is 1070. The molecule has 0 aliphatic heterocycles. The molecule has 3 aromatic rings. The molecule has 1 aliphatic carbocycles. The van der Waals surface area contributed by atoms with Gasteiger partial charge in [-0.05, 0) is 30.5 Å². The van der Waals surface area contributed by atoms with Gasteiger partial charge in [0.1, 0.15) is 17.1 Å². The van der Waals surface area contributed by atoms with Crippen molar-refractivity contribution in [3.8, 4) is 16.9 Å². The summed E-state index contributed by atoms with van der Waals surface area (Å²) in [4.78, 5) is 32.9. The second-order valence-corrected chi connectivity index (χ2v) is 8.39. The average molecular weight is 412 g/mol. The van der Waals surface area contributed by atoms with Crippen LogP contribution in [0.25, 0.3) is 21.3 Å². The number of hydrogen-bond acceptors (Lipinski definition) is 5. The molecule has 0 bridgehead atoms. The van der Waals surface area contributed by atoms with Gasteiger partial charge in [-0.1, -0.05) is 31.4 Å². The minimum atomic E-state index is -0.174. The molecule has 2 aromatic heterocycles. The van der Waals surface area contributed by atoms with Crippen molar-refractivity contribution in [1.29, 1.82) is 0 Å². The standard InChI is InChI=1S/C22H25N3O3S/c1-24(16-6-4-3-5-7-16)19(26)12-25-14-23-21-20(22(25)27)18(13-29-21)15-8-10-17(28-2)11-9-15/h8-11,13-14,16H,3-7,12H2,1-2H3. The average Bonchev–Trinajstić information content (AvgIpc) is 3.20. The number of rotatable bonds is 5. The van der Waals surface area contributed by atoms with E-state index in [-0.39, 0.29) is 24.1 Å². The van der Waals surface area contributed by atoms with Gasteiger partial charge in [0.05, 0.1) is 18.8 Å². The molecule has 0 spiro atoms. The SMILES string of the molecule is COc1ccc(-c2csc3ncn(CC(=O)N(C)C4CCCCC4)c(=O)c23)cc1. The predicted molar refractivity (Wildman–Crippen MR) is 116 cm³/mol. The number of likely N-dealkylation sites (N-methyl/N-ethyl adjacent to an activating group) is 1. The zero-order valence-corrected chi connectivity index (χ0v) is 17.6. The number of hydrogen-bond donors (Lipinski definition) is 0. The van der Waals surface area contributed by atoms with E-state index < -0.39 is 0 Å². The number of carbonyl (C=O) groups is 1. The lowest BCUT2D eigenvalue weighted by molar-refractivity contribution is -0.133. The Kier molecular flexibility index (Phi) is 5.67. The fourth-order valence-electron chi connectivity index (χ4n) is 3.99. The van der Waals surface area contributed by atoms with Crippen LogP contribution in [-0.4, -0.2) is 40.6 Å². The van der Waals surface area contributed by atoms with Gasteiger partial charge in [-0.2, -0.15) is 0 Å². The maximum atomic E-state index is 13.2. The molecule has 4 rings (SSSR count). The summed E-state index contributed by atoms with van der Waals surface area (Å²) in [6.45, 7) is 0.0205. The lowest BCUT2D eigenvalue weighted by Crippen LogP contribution is -2.41. The molecule has 1 fully saturated rings. The fourth-order valence-corrected chi connectivity index (χ4v) is 4.90. The van der Waals surface area contributed by atoms with E-state index >= 15 is 0 Å². The molecule has 1 amide bonds. The van der Waals surface area contributed by atoms with Crippen LogP contribution in [0.4, 0.5) is 0 Å². The molecule has 0 N–H and O–H groups in total. The van der Waals surface area contributed by atoms with Crippen LogP contribution in [0, 0.1) is 0 Å². The smallest absolute Gasteiger partial charge is 0.263 e.